The van der Waals surface area contributed by atoms with Crippen LogP contribution in [0, 0.1) is 20.2 Å². The number of hydrazine groups is 1. The summed E-state index contributed by atoms with van der Waals surface area (Å²) >= 11 is 0. The van der Waals surface area contributed by atoms with Crippen molar-refractivity contribution in [2.45, 2.75) is 0 Å². The van der Waals surface area contributed by atoms with Crippen molar-refractivity contribution in [1.29, 1.82) is 0 Å². The van der Waals surface area contributed by atoms with Gasteiger partial charge < -0.3 is 10.2 Å². The largest absolute Gasteiger partial charge is 0.372 e. The van der Waals surface area contributed by atoms with Crippen LogP contribution in [0.4, 0.5) is 4.79 Å². The Morgan fingerprint density at radius 3 is 2.46 bits per heavy atom. The van der Waals surface area contributed by atoms with Crippen LogP contribution in [0.5, 0.6) is 0 Å². The molecule has 10 heteroatoms. The second-order valence-electron chi connectivity index (χ2n) is 1.68. The quantitative estimate of drug-likeness (QED) is 0.316. The van der Waals surface area contributed by atoms with Gasteiger partial charge in [-0.25, -0.2) is 14.9 Å². The fourth-order valence-corrected chi connectivity index (χ4v) is 0.407. The minimum absolute atomic E-state index is 0.194. The second kappa shape index (κ2) is 5.51. The SMILES string of the molecule is O=C(NCCO[N+](=O)[O-])N[N+](=O)[O-]. The lowest BCUT2D eigenvalue weighted by Crippen LogP contribution is -2.40. The summed E-state index contributed by atoms with van der Waals surface area (Å²) in [6.45, 7) is -0.557. The van der Waals surface area contributed by atoms with Crippen LogP contribution >= 0.6 is 0 Å². The molecule has 0 saturated carbocycles. The van der Waals surface area contributed by atoms with Gasteiger partial charge in [0.2, 0.25) is 0 Å². The first-order valence-corrected chi connectivity index (χ1v) is 2.98. The molecule has 0 aromatic heterocycles. The van der Waals surface area contributed by atoms with Gasteiger partial charge in [0.15, 0.2) is 5.03 Å². The van der Waals surface area contributed by atoms with Crippen LogP contribution in [0.25, 0.3) is 0 Å². The summed E-state index contributed by atoms with van der Waals surface area (Å²) in [6.07, 6.45) is 0. The smallest absolute Gasteiger partial charge is 0.332 e. The third kappa shape index (κ3) is 7.77. The first-order valence-electron chi connectivity index (χ1n) is 2.98. The molecule has 0 aliphatic carbocycles. The van der Waals surface area contributed by atoms with Gasteiger partial charge in [-0.05, 0) is 0 Å². The van der Waals surface area contributed by atoms with Crippen molar-refractivity contribution in [1.82, 2.24) is 10.7 Å². The number of urea groups is 1. The molecule has 2 amide bonds. The first-order chi connectivity index (χ1) is 6.02. The molecule has 10 nitrogen and oxygen atoms in total. The Kier molecular flexibility index (Phi) is 4.61. The Hall–Kier alpha value is -2.13. The summed E-state index contributed by atoms with van der Waals surface area (Å²) in [7, 11) is 0. The maximum atomic E-state index is 10.4. The molecule has 0 atom stereocenters. The zero-order valence-electron chi connectivity index (χ0n) is 6.26. The van der Waals surface area contributed by atoms with E-state index < -0.39 is 16.2 Å². The molecule has 2 N–H and O–H groups in total. The van der Waals surface area contributed by atoms with E-state index in [-0.39, 0.29) is 13.2 Å². The second-order valence-corrected chi connectivity index (χ2v) is 1.68. The van der Waals surface area contributed by atoms with Crippen molar-refractivity contribution in [2.24, 2.45) is 0 Å². The van der Waals surface area contributed by atoms with E-state index in [1.165, 1.54) is 5.43 Å². The minimum Gasteiger partial charge on any atom is -0.332 e. The average Bonchev–Trinajstić information content (AvgIpc) is 1.96. The van der Waals surface area contributed by atoms with Crippen molar-refractivity contribution in [3.05, 3.63) is 20.2 Å². The van der Waals surface area contributed by atoms with Gasteiger partial charge in [-0.3, -0.25) is 0 Å². The third-order valence-corrected chi connectivity index (χ3v) is 0.777. The van der Waals surface area contributed by atoms with E-state index in [1.54, 1.807) is 0 Å². The molecule has 0 heterocycles. The molecule has 74 valence electrons. The molecule has 0 rings (SSSR count). The number of hydrogen-bond acceptors (Lipinski definition) is 6. The van der Waals surface area contributed by atoms with Crippen molar-refractivity contribution in [3.8, 4) is 0 Å². The van der Waals surface area contributed by atoms with Crippen molar-refractivity contribution in [2.75, 3.05) is 13.2 Å². The van der Waals surface area contributed by atoms with E-state index in [2.05, 4.69) is 4.84 Å². The van der Waals surface area contributed by atoms with Gasteiger partial charge in [0.05, 0.1) is 0 Å². The zero-order valence-corrected chi connectivity index (χ0v) is 6.26. The Bertz CT molecular complexity index is 216. The molecule has 0 unspecified atom stereocenters. The van der Waals surface area contributed by atoms with E-state index in [0.29, 0.717) is 0 Å². The monoisotopic (exact) mass is 194 g/mol. The van der Waals surface area contributed by atoms with E-state index >= 15 is 0 Å². The van der Waals surface area contributed by atoms with Crippen LogP contribution in [-0.4, -0.2) is 29.3 Å². The molecule has 0 aliphatic rings. The number of rotatable bonds is 5. The molecule has 0 radical (unpaired) electrons. The predicted molar refractivity (Wildman–Crippen MR) is 36.5 cm³/mol. The van der Waals surface area contributed by atoms with Crippen LogP contribution in [0.3, 0.4) is 0 Å². The fourth-order valence-electron chi connectivity index (χ4n) is 0.407. The Morgan fingerprint density at radius 2 is 2.00 bits per heavy atom. The van der Waals surface area contributed by atoms with Gasteiger partial charge in [0.25, 0.3) is 5.09 Å². The van der Waals surface area contributed by atoms with Gasteiger partial charge in [-0.1, -0.05) is 5.43 Å². The summed E-state index contributed by atoms with van der Waals surface area (Å²) in [4.78, 5) is 33.4. The maximum absolute atomic E-state index is 10.4. The van der Waals surface area contributed by atoms with Gasteiger partial charge >= 0.3 is 6.03 Å². The van der Waals surface area contributed by atoms with Crippen LogP contribution < -0.4 is 10.7 Å². The maximum Gasteiger partial charge on any atom is 0.372 e. The Balaban J connectivity index is 3.37. The summed E-state index contributed by atoms with van der Waals surface area (Å²) < 4.78 is 0. The van der Waals surface area contributed by atoms with Crippen LogP contribution in [0.1, 0.15) is 0 Å². The highest BCUT2D eigenvalue weighted by molar-refractivity contribution is 5.72. The zero-order chi connectivity index (χ0) is 10.3. The summed E-state index contributed by atoms with van der Waals surface area (Å²) in [5.41, 5.74) is 1.28. The average molecular weight is 194 g/mol. The highest BCUT2D eigenvalue weighted by Crippen LogP contribution is 1.72. The number of carbonyl (C=O) groups is 1. The van der Waals surface area contributed by atoms with Crippen LogP contribution in [0.15, 0.2) is 0 Å². The summed E-state index contributed by atoms with van der Waals surface area (Å²) in [6, 6.07) is -1.06. The number of nitro groups is 1. The number of carbonyl (C=O) groups excluding carboxylic acids is 1. The first kappa shape index (κ1) is 10.9. The Labute approximate surface area is 71.1 Å². The topological polar surface area (TPSA) is 137 Å². The molecule has 0 aromatic carbocycles. The fraction of sp³-hybridized carbons (Fsp3) is 0.667. The molecule has 0 fully saturated rings. The molecule has 0 aliphatic heterocycles. The summed E-state index contributed by atoms with van der Waals surface area (Å²) in [5.74, 6) is 0. The minimum atomic E-state index is -1.06. The van der Waals surface area contributed by atoms with Crippen LogP contribution in [0.2, 0.25) is 0 Å². The van der Waals surface area contributed by atoms with E-state index in [9.17, 15) is 25.0 Å². The molecular formula is C3H6N4O6. The van der Waals surface area contributed by atoms with Gasteiger partial charge in [-0.2, -0.15) is 0 Å². The molecule has 0 aromatic rings. The van der Waals surface area contributed by atoms with Gasteiger partial charge in [0, 0.05) is 6.54 Å². The molecular weight excluding hydrogens is 188 g/mol. The lowest BCUT2D eigenvalue weighted by molar-refractivity contribution is -0.757. The van der Waals surface area contributed by atoms with Crippen LogP contribution in [-0.2, 0) is 4.84 Å². The lowest BCUT2D eigenvalue weighted by Gasteiger charge is -2.00. The third-order valence-electron chi connectivity index (χ3n) is 0.777. The predicted octanol–water partition coefficient (Wildman–Crippen LogP) is -1.31. The lowest BCUT2D eigenvalue weighted by atomic mass is 10.7. The summed E-state index contributed by atoms with van der Waals surface area (Å²) in [5, 5.41) is 19.1. The van der Waals surface area contributed by atoms with Crippen molar-refractivity contribution < 1.29 is 19.8 Å². The number of hydrogen-bond donors (Lipinski definition) is 2. The number of nitrogens with one attached hydrogen (secondary N) is 2. The Morgan fingerprint density at radius 1 is 1.38 bits per heavy atom. The standard InChI is InChI=1S/C3H6N4O6/c8-3(5-6(9)10)4-1-2-13-7(11)12/h1-2H2,(H2,4,5,8). The number of nitrogens with zero attached hydrogens (tertiary/aromatic N) is 2. The van der Waals surface area contributed by atoms with Crippen molar-refractivity contribution >= 4 is 6.03 Å². The van der Waals surface area contributed by atoms with E-state index in [1.807, 2.05) is 5.32 Å². The molecule has 0 spiro atoms. The molecule has 0 saturated heterocycles. The van der Waals surface area contributed by atoms with Gasteiger partial charge in [-0.15, -0.1) is 10.1 Å². The highest BCUT2D eigenvalue weighted by atomic mass is 16.9. The van der Waals surface area contributed by atoms with E-state index in [0.717, 1.165) is 0 Å². The number of amides is 2. The van der Waals surface area contributed by atoms with E-state index in [4.69, 9.17) is 0 Å². The van der Waals surface area contributed by atoms with Gasteiger partial charge in [0.1, 0.15) is 6.61 Å². The molecule has 0 bridgehead atoms. The highest BCUT2D eigenvalue weighted by Gasteiger charge is 2.05. The normalized spacial score (nSPS) is 8.62. The van der Waals surface area contributed by atoms with Crippen molar-refractivity contribution in [3.63, 3.8) is 0 Å². The molecule has 13 heavy (non-hydrogen) atoms.